The van der Waals surface area contributed by atoms with Crippen molar-refractivity contribution in [2.24, 2.45) is 11.8 Å². The Morgan fingerprint density at radius 1 is 0.956 bits per heavy atom. The molecule has 0 aliphatic heterocycles. The molecule has 0 saturated heterocycles. The Balaban J connectivity index is 1.66. The van der Waals surface area contributed by atoms with Crippen molar-refractivity contribution >= 4 is 32.7 Å². The Morgan fingerprint density at radius 2 is 1.71 bits per heavy atom. The number of methoxy groups -OCH3 is 1. The third-order valence-electron chi connectivity index (χ3n) is 8.36. The molecular weight excluding hydrogens is 586 g/mol. The SMILES string of the molecule is CCCNC(=O)C(Cc1ccc2[nH]cc(C(CCC)c3ccc(C(=O)NS(=O)(=O)c4ccccc4C)cc3OC)c2c1)C(C)C. The van der Waals surface area contributed by atoms with Gasteiger partial charge in [0.25, 0.3) is 15.9 Å². The first-order valence-electron chi connectivity index (χ1n) is 15.7. The summed E-state index contributed by atoms with van der Waals surface area (Å²) in [6, 6.07) is 18.0. The average molecular weight is 632 g/mol. The Morgan fingerprint density at radius 3 is 2.38 bits per heavy atom. The maximum atomic E-state index is 13.1. The maximum absolute atomic E-state index is 13.1. The van der Waals surface area contributed by atoms with Crippen LogP contribution in [0.2, 0.25) is 0 Å². The summed E-state index contributed by atoms with van der Waals surface area (Å²) in [6.45, 7) is 10.7. The number of aromatic nitrogens is 1. The molecule has 0 radical (unpaired) electrons. The van der Waals surface area contributed by atoms with Crippen LogP contribution in [0.15, 0.2) is 71.8 Å². The molecule has 2 amide bonds. The fourth-order valence-corrected chi connectivity index (χ4v) is 7.09. The Hall–Kier alpha value is -4.11. The highest BCUT2D eigenvalue weighted by atomic mass is 32.2. The zero-order valence-electron chi connectivity index (χ0n) is 27.1. The van der Waals surface area contributed by atoms with Crippen molar-refractivity contribution in [3.8, 4) is 5.75 Å². The predicted octanol–water partition coefficient (Wildman–Crippen LogP) is 6.88. The highest BCUT2D eigenvalue weighted by Crippen LogP contribution is 2.39. The van der Waals surface area contributed by atoms with Gasteiger partial charge in [-0.25, -0.2) is 13.1 Å². The van der Waals surface area contributed by atoms with E-state index in [-0.39, 0.29) is 34.1 Å². The lowest BCUT2D eigenvalue weighted by Crippen LogP contribution is -2.35. The number of rotatable bonds is 14. The Labute approximate surface area is 267 Å². The summed E-state index contributed by atoms with van der Waals surface area (Å²) < 4.78 is 33.9. The molecular formula is C36H45N3O5S. The fraction of sp³-hybridized carbons (Fsp3) is 0.389. The molecule has 2 unspecified atom stereocenters. The van der Waals surface area contributed by atoms with Gasteiger partial charge in [-0.2, -0.15) is 0 Å². The lowest BCUT2D eigenvalue weighted by Gasteiger charge is -2.21. The lowest BCUT2D eigenvalue weighted by molar-refractivity contribution is -0.126. The normalized spacial score (nSPS) is 13.0. The quantitative estimate of drug-likeness (QED) is 0.140. The molecule has 3 N–H and O–H groups in total. The van der Waals surface area contributed by atoms with E-state index < -0.39 is 15.9 Å². The molecule has 0 saturated carbocycles. The van der Waals surface area contributed by atoms with Crippen molar-refractivity contribution in [2.75, 3.05) is 13.7 Å². The summed E-state index contributed by atoms with van der Waals surface area (Å²) in [6.07, 6.45) is 5.30. The van der Waals surface area contributed by atoms with Crippen molar-refractivity contribution in [1.82, 2.24) is 15.0 Å². The van der Waals surface area contributed by atoms with Gasteiger partial charge in [0.1, 0.15) is 5.75 Å². The first kappa shape index (κ1) is 33.8. The van der Waals surface area contributed by atoms with Crippen LogP contribution in [0.4, 0.5) is 0 Å². The van der Waals surface area contributed by atoms with Crippen molar-refractivity contribution in [3.05, 3.63) is 94.7 Å². The summed E-state index contributed by atoms with van der Waals surface area (Å²) in [5.41, 5.74) is 4.84. The molecule has 0 aliphatic rings. The second kappa shape index (κ2) is 14.8. The number of ether oxygens (including phenoxy) is 1. The van der Waals surface area contributed by atoms with Crippen LogP contribution in [-0.4, -0.2) is 38.9 Å². The van der Waals surface area contributed by atoms with E-state index in [2.05, 4.69) is 54.0 Å². The second-order valence-corrected chi connectivity index (χ2v) is 13.6. The largest absolute Gasteiger partial charge is 0.496 e. The third-order valence-corrected chi connectivity index (χ3v) is 9.85. The van der Waals surface area contributed by atoms with E-state index in [1.807, 2.05) is 19.2 Å². The number of amides is 2. The third kappa shape index (κ3) is 7.76. The minimum atomic E-state index is -4.05. The zero-order chi connectivity index (χ0) is 32.7. The van der Waals surface area contributed by atoms with Gasteiger partial charge < -0.3 is 15.0 Å². The van der Waals surface area contributed by atoms with E-state index >= 15 is 0 Å². The van der Waals surface area contributed by atoms with Gasteiger partial charge in [-0.05, 0) is 79.1 Å². The number of fused-ring (bicyclic) bond motifs is 1. The first-order chi connectivity index (χ1) is 21.5. The number of hydrogen-bond acceptors (Lipinski definition) is 5. The van der Waals surface area contributed by atoms with Crippen LogP contribution >= 0.6 is 0 Å². The fourth-order valence-electron chi connectivity index (χ4n) is 5.87. The maximum Gasteiger partial charge on any atom is 0.265 e. The summed E-state index contributed by atoms with van der Waals surface area (Å²) in [5, 5.41) is 4.14. The topological polar surface area (TPSA) is 117 Å². The summed E-state index contributed by atoms with van der Waals surface area (Å²) in [5.74, 6) is -0.109. The molecule has 9 heteroatoms. The monoisotopic (exact) mass is 631 g/mol. The molecule has 4 aromatic rings. The zero-order valence-corrected chi connectivity index (χ0v) is 27.9. The van der Waals surface area contributed by atoms with Gasteiger partial charge in [0.2, 0.25) is 5.91 Å². The minimum absolute atomic E-state index is 0.0458. The van der Waals surface area contributed by atoms with E-state index in [4.69, 9.17) is 4.74 Å². The van der Waals surface area contributed by atoms with Crippen molar-refractivity contribution in [2.45, 2.75) is 71.1 Å². The van der Waals surface area contributed by atoms with Crippen LogP contribution in [0.3, 0.4) is 0 Å². The molecule has 240 valence electrons. The number of hydrogen-bond donors (Lipinski definition) is 3. The molecule has 1 heterocycles. The standard InChI is InChI=1S/C36H45N3O5S/c1-7-11-27(31-22-38-32-17-14-25(20-30(31)32)19-29(23(3)4)36(41)37-18-8-2)28-16-15-26(21-33(28)44-6)35(40)39-45(42,43)34-13-10-9-12-24(34)5/h9-10,12-17,20-23,27,29,38H,7-8,11,18-19H2,1-6H3,(H,37,41)(H,39,40). The van der Waals surface area contributed by atoms with E-state index in [0.717, 1.165) is 46.9 Å². The Bertz CT molecular complexity index is 1760. The number of aromatic amines is 1. The number of nitrogens with one attached hydrogen (secondary N) is 3. The number of aryl methyl sites for hydroxylation is 1. The minimum Gasteiger partial charge on any atom is -0.496 e. The molecule has 0 bridgehead atoms. The van der Waals surface area contributed by atoms with Crippen LogP contribution in [0.1, 0.15) is 85.5 Å². The molecule has 0 fully saturated rings. The van der Waals surface area contributed by atoms with Gasteiger partial charge in [-0.15, -0.1) is 0 Å². The van der Waals surface area contributed by atoms with Crippen LogP contribution in [-0.2, 0) is 21.2 Å². The van der Waals surface area contributed by atoms with Gasteiger partial charge in [0.15, 0.2) is 0 Å². The second-order valence-electron chi connectivity index (χ2n) is 12.0. The molecule has 3 aromatic carbocycles. The number of sulfonamides is 1. The first-order valence-corrected chi connectivity index (χ1v) is 17.2. The van der Waals surface area contributed by atoms with Crippen LogP contribution in [0, 0.1) is 18.8 Å². The molecule has 4 rings (SSSR count). The van der Waals surface area contributed by atoms with Crippen LogP contribution in [0.25, 0.3) is 10.9 Å². The Kier molecular flexibility index (Phi) is 11.1. The highest BCUT2D eigenvalue weighted by Gasteiger charge is 2.26. The molecule has 45 heavy (non-hydrogen) atoms. The van der Waals surface area contributed by atoms with Crippen molar-refractivity contribution in [1.29, 1.82) is 0 Å². The summed E-state index contributed by atoms with van der Waals surface area (Å²) in [7, 11) is -2.50. The van der Waals surface area contributed by atoms with Crippen LogP contribution < -0.4 is 14.8 Å². The predicted molar refractivity (Wildman–Crippen MR) is 179 cm³/mol. The van der Waals surface area contributed by atoms with E-state index in [1.165, 1.54) is 6.07 Å². The number of carbonyl (C=O) groups excluding carboxylic acids is 2. The van der Waals surface area contributed by atoms with E-state index in [9.17, 15) is 18.0 Å². The molecule has 0 spiro atoms. The van der Waals surface area contributed by atoms with Gasteiger partial charge in [0, 0.05) is 46.6 Å². The van der Waals surface area contributed by atoms with Crippen molar-refractivity contribution < 1.29 is 22.7 Å². The summed E-state index contributed by atoms with van der Waals surface area (Å²) >= 11 is 0. The number of H-pyrrole nitrogens is 1. The average Bonchev–Trinajstić information content (AvgIpc) is 3.43. The van der Waals surface area contributed by atoms with Gasteiger partial charge >= 0.3 is 0 Å². The molecule has 2 atom stereocenters. The highest BCUT2D eigenvalue weighted by molar-refractivity contribution is 7.90. The smallest absolute Gasteiger partial charge is 0.265 e. The van der Waals surface area contributed by atoms with Crippen LogP contribution in [0.5, 0.6) is 5.75 Å². The molecule has 1 aromatic heterocycles. The van der Waals surface area contributed by atoms with Gasteiger partial charge in [-0.3, -0.25) is 9.59 Å². The van der Waals surface area contributed by atoms with Gasteiger partial charge in [-0.1, -0.05) is 64.4 Å². The number of benzene rings is 3. The lowest BCUT2D eigenvalue weighted by atomic mass is 9.85. The molecule has 0 aliphatic carbocycles. The van der Waals surface area contributed by atoms with Crippen molar-refractivity contribution in [3.63, 3.8) is 0 Å². The van der Waals surface area contributed by atoms with Gasteiger partial charge in [0.05, 0.1) is 12.0 Å². The molecule has 8 nitrogen and oxygen atoms in total. The summed E-state index contributed by atoms with van der Waals surface area (Å²) in [4.78, 5) is 29.5. The van der Waals surface area contributed by atoms with E-state index in [1.54, 1.807) is 44.4 Å². The van der Waals surface area contributed by atoms with E-state index in [0.29, 0.717) is 24.3 Å². The number of carbonyl (C=O) groups is 2.